The second kappa shape index (κ2) is 12.0. The number of anilines is 1. The lowest BCUT2D eigenvalue weighted by atomic mass is 9.90. The molecule has 0 unspecified atom stereocenters. The largest absolute Gasteiger partial charge is 0.495 e. The topological polar surface area (TPSA) is 54.9 Å². The van der Waals surface area contributed by atoms with E-state index in [-0.39, 0.29) is 5.91 Å². The number of fused-ring (bicyclic) bond motifs is 1. The van der Waals surface area contributed by atoms with Gasteiger partial charge < -0.3 is 14.4 Å². The van der Waals surface area contributed by atoms with Crippen LogP contribution in [0.1, 0.15) is 30.9 Å². The van der Waals surface area contributed by atoms with Gasteiger partial charge in [0.15, 0.2) is 5.13 Å². The van der Waals surface area contributed by atoms with Crippen molar-refractivity contribution in [2.75, 3.05) is 45.3 Å². The van der Waals surface area contributed by atoms with Gasteiger partial charge in [-0.05, 0) is 36.3 Å². The third-order valence-electron chi connectivity index (χ3n) is 6.44. The summed E-state index contributed by atoms with van der Waals surface area (Å²) < 4.78 is 12.0. The highest BCUT2D eigenvalue weighted by atomic mass is 32.1. The molecule has 0 atom stereocenters. The SMILES string of the molecule is CCN(CC)CCN(C(=O)C(c1ccccc1)c1ccccc1)c1nc2c(OC)ccc(OC)c2s1. The van der Waals surface area contributed by atoms with Gasteiger partial charge >= 0.3 is 0 Å². The second-order valence-corrected chi connectivity index (χ2v) is 9.39. The Balaban J connectivity index is 1.83. The monoisotopic (exact) mass is 503 g/mol. The summed E-state index contributed by atoms with van der Waals surface area (Å²) in [6.45, 7) is 7.39. The fraction of sp³-hybridized carbons (Fsp3) is 0.310. The molecule has 0 radical (unpaired) electrons. The summed E-state index contributed by atoms with van der Waals surface area (Å²) in [6.07, 6.45) is 0. The van der Waals surface area contributed by atoms with Crippen molar-refractivity contribution in [3.63, 3.8) is 0 Å². The Morgan fingerprint density at radius 3 is 1.92 bits per heavy atom. The van der Waals surface area contributed by atoms with Gasteiger partial charge in [-0.25, -0.2) is 4.98 Å². The van der Waals surface area contributed by atoms with Gasteiger partial charge in [0.2, 0.25) is 5.91 Å². The number of nitrogens with zero attached hydrogens (tertiary/aromatic N) is 3. The maximum absolute atomic E-state index is 14.4. The molecule has 0 aliphatic rings. The van der Waals surface area contributed by atoms with Crippen molar-refractivity contribution in [3.05, 3.63) is 83.9 Å². The first kappa shape index (κ1) is 25.7. The van der Waals surface area contributed by atoms with Crippen LogP contribution in [-0.4, -0.2) is 56.2 Å². The molecule has 7 heteroatoms. The quantitative estimate of drug-likeness (QED) is 0.258. The van der Waals surface area contributed by atoms with Gasteiger partial charge in [-0.1, -0.05) is 85.8 Å². The Morgan fingerprint density at radius 2 is 1.39 bits per heavy atom. The van der Waals surface area contributed by atoms with E-state index in [9.17, 15) is 4.79 Å². The summed E-state index contributed by atoms with van der Waals surface area (Å²) in [5.74, 6) is 0.928. The molecule has 0 saturated carbocycles. The van der Waals surface area contributed by atoms with E-state index in [1.165, 1.54) is 11.3 Å². The van der Waals surface area contributed by atoms with Gasteiger partial charge in [0.1, 0.15) is 21.7 Å². The molecular weight excluding hydrogens is 470 g/mol. The maximum Gasteiger partial charge on any atom is 0.240 e. The van der Waals surface area contributed by atoms with Crippen molar-refractivity contribution in [1.29, 1.82) is 0 Å². The molecule has 0 fully saturated rings. The number of benzene rings is 3. The third-order valence-corrected chi connectivity index (χ3v) is 7.54. The minimum absolute atomic E-state index is 0.00320. The first-order valence-corrected chi connectivity index (χ1v) is 13.1. The highest BCUT2D eigenvalue weighted by molar-refractivity contribution is 7.22. The van der Waals surface area contributed by atoms with Crippen molar-refractivity contribution in [2.45, 2.75) is 19.8 Å². The number of rotatable bonds is 11. The zero-order valence-electron chi connectivity index (χ0n) is 21.3. The van der Waals surface area contributed by atoms with Gasteiger partial charge in [-0.2, -0.15) is 0 Å². The van der Waals surface area contributed by atoms with E-state index in [0.29, 0.717) is 28.7 Å². The number of methoxy groups -OCH3 is 2. The average molecular weight is 504 g/mol. The predicted molar refractivity (Wildman–Crippen MR) is 148 cm³/mol. The number of amides is 1. The van der Waals surface area contributed by atoms with E-state index >= 15 is 0 Å². The number of aromatic nitrogens is 1. The highest BCUT2D eigenvalue weighted by Crippen LogP contribution is 2.41. The fourth-order valence-electron chi connectivity index (χ4n) is 4.40. The van der Waals surface area contributed by atoms with Gasteiger partial charge in [0.05, 0.1) is 20.1 Å². The molecule has 188 valence electrons. The molecular formula is C29H33N3O3S. The van der Waals surface area contributed by atoms with Crippen molar-refractivity contribution in [1.82, 2.24) is 9.88 Å². The van der Waals surface area contributed by atoms with Crippen LogP contribution in [0, 0.1) is 0 Å². The molecule has 3 aromatic carbocycles. The van der Waals surface area contributed by atoms with E-state index < -0.39 is 5.92 Å². The Labute approximate surface area is 217 Å². The van der Waals surface area contributed by atoms with Crippen molar-refractivity contribution in [3.8, 4) is 11.5 Å². The summed E-state index contributed by atoms with van der Waals surface area (Å²) >= 11 is 1.46. The Bertz CT molecular complexity index is 1190. The summed E-state index contributed by atoms with van der Waals surface area (Å²) in [6, 6.07) is 23.7. The highest BCUT2D eigenvalue weighted by Gasteiger charge is 2.31. The molecule has 0 aliphatic carbocycles. The minimum Gasteiger partial charge on any atom is -0.495 e. The summed E-state index contributed by atoms with van der Waals surface area (Å²) in [5.41, 5.74) is 2.61. The molecule has 1 amide bonds. The summed E-state index contributed by atoms with van der Waals surface area (Å²) in [5, 5.41) is 0.641. The predicted octanol–water partition coefficient (Wildman–Crippen LogP) is 5.82. The van der Waals surface area contributed by atoms with Crippen LogP contribution in [0.3, 0.4) is 0 Å². The fourth-order valence-corrected chi connectivity index (χ4v) is 5.50. The molecule has 0 spiro atoms. The molecule has 0 N–H and O–H groups in total. The van der Waals surface area contributed by atoms with E-state index in [0.717, 1.165) is 35.5 Å². The minimum atomic E-state index is -0.445. The van der Waals surface area contributed by atoms with Crippen LogP contribution in [0.4, 0.5) is 5.13 Å². The Kier molecular flexibility index (Phi) is 8.57. The van der Waals surface area contributed by atoms with Crippen LogP contribution in [0.2, 0.25) is 0 Å². The molecule has 4 aromatic rings. The molecule has 6 nitrogen and oxygen atoms in total. The molecule has 0 aliphatic heterocycles. The standard InChI is InChI=1S/C29H33N3O3S/c1-5-31(6-2)19-20-32(29-30-26-23(34-3)17-18-24(35-4)27(26)36-29)28(33)25(21-13-9-7-10-14-21)22-15-11-8-12-16-22/h7-18,25H,5-6,19-20H2,1-4H3. The maximum atomic E-state index is 14.4. The van der Waals surface area contributed by atoms with Crippen molar-refractivity contribution in [2.24, 2.45) is 0 Å². The zero-order valence-corrected chi connectivity index (χ0v) is 22.1. The zero-order chi connectivity index (χ0) is 25.5. The number of thiazole rings is 1. The van der Waals surface area contributed by atoms with Gasteiger partial charge in [0, 0.05) is 13.1 Å². The van der Waals surface area contributed by atoms with Crippen LogP contribution in [0.5, 0.6) is 11.5 Å². The molecule has 0 saturated heterocycles. The smallest absolute Gasteiger partial charge is 0.240 e. The molecule has 0 bridgehead atoms. The number of carbonyl (C=O) groups is 1. The first-order chi connectivity index (χ1) is 17.6. The van der Waals surface area contributed by atoms with Crippen molar-refractivity contribution < 1.29 is 14.3 Å². The third kappa shape index (κ3) is 5.37. The lowest BCUT2D eigenvalue weighted by Gasteiger charge is -2.28. The van der Waals surface area contributed by atoms with E-state index in [1.807, 2.05) is 77.7 Å². The molecule has 36 heavy (non-hydrogen) atoms. The van der Waals surface area contributed by atoms with Gasteiger partial charge in [-0.3, -0.25) is 9.69 Å². The number of ether oxygens (including phenoxy) is 2. The van der Waals surface area contributed by atoms with Crippen LogP contribution >= 0.6 is 11.3 Å². The molecule has 1 aromatic heterocycles. The van der Waals surface area contributed by atoms with Crippen LogP contribution < -0.4 is 14.4 Å². The van der Waals surface area contributed by atoms with Gasteiger partial charge in [-0.15, -0.1) is 0 Å². The van der Waals surface area contributed by atoms with Crippen LogP contribution in [0.25, 0.3) is 10.2 Å². The molecule has 1 heterocycles. The number of carbonyl (C=O) groups excluding carboxylic acids is 1. The first-order valence-electron chi connectivity index (χ1n) is 12.3. The number of likely N-dealkylation sites (N-methyl/N-ethyl adjacent to an activating group) is 1. The summed E-state index contributed by atoms with van der Waals surface area (Å²) in [4.78, 5) is 23.5. The Morgan fingerprint density at radius 1 is 0.833 bits per heavy atom. The second-order valence-electron chi connectivity index (χ2n) is 8.42. The average Bonchev–Trinajstić information content (AvgIpc) is 3.37. The van der Waals surface area contributed by atoms with Gasteiger partial charge in [0.25, 0.3) is 0 Å². The van der Waals surface area contributed by atoms with E-state index in [4.69, 9.17) is 14.5 Å². The lowest BCUT2D eigenvalue weighted by Crippen LogP contribution is -2.41. The van der Waals surface area contributed by atoms with E-state index in [2.05, 4.69) is 18.7 Å². The van der Waals surface area contributed by atoms with E-state index in [1.54, 1.807) is 14.2 Å². The van der Waals surface area contributed by atoms with Crippen LogP contribution in [-0.2, 0) is 4.79 Å². The normalized spacial score (nSPS) is 11.3. The van der Waals surface area contributed by atoms with Crippen LogP contribution in [0.15, 0.2) is 72.8 Å². The number of hydrogen-bond acceptors (Lipinski definition) is 6. The number of hydrogen-bond donors (Lipinski definition) is 0. The Hall–Kier alpha value is -3.42. The lowest BCUT2D eigenvalue weighted by molar-refractivity contribution is -0.119. The summed E-state index contributed by atoms with van der Waals surface area (Å²) in [7, 11) is 3.27. The van der Waals surface area contributed by atoms with Crippen molar-refractivity contribution >= 4 is 32.6 Å². The molecule has 4 rings (SSSR count).